The Balaban J connectivity index is 1.86. The maximum atomic E-state index is 13.1. The second-order valence-corrected chi connectivity index (χ2v) is 8.20. The molecule has 4 rings (SSSR count). The smallest absolute Gasteiger partial charge is 0.296 e. The van der Waals surface area contributed by atoms with Crippen LogP contribution in [0, 0.1) is 6.92 Å². The Bertz CT molecular complexity index is 1020. The van der Waals surface area contributed by atoms with E-state index in [-0.39, 0.29) is 17.4 Å². The van der Waals surface area contributed by atoms with E-state index in [1.54, 1.807) is 42.2 Å². The van der Waals surface area contributed by atoms with Crippen molar-refractivity contribution in [3.63, 3.8) is 0 Å². The molecule has 1 N–H and O–H groups in total. The number of halogens is 1. The fourth-order valence-corrected chi connectivity index (χ4v) is 4.62. The van der Waals surface area contributed by atoms with Crippen LogP contribution in [-0.4, -0.2) is 34.8 Å². The van der Waals surface area contributed by atoms with Crippen molar-refractivity contribution in [2.24, 2.45) is 0 Å². The average molecular weight is 430 g/mol. The summed E-state index contributed by atoms with van der Waals surface area (Å²) in [5.74, 6) is -0.0464. The second-order valence-electron chi connectivity index (χ2n) is 7.80. The predicted octanol–water partition coefficient (Wildman–Crippen LogP) is 5.00. The molecule has 1 saturated carbocycles. The normalized spacial score (nSPS) is 22.0. The quantitative estimate of drug-likeness (QED) is 0.420. The number of aliphatic hydroxyl groups excluding tert-OH is 1. The number of carbonyl (C=O) groups excluding carboxylic acids is 2. The van der Waals surface area contributed by atoms with Crippen LogP contribution in [0.1, 0.15) is 55.2 Å². The highest BCUT2D eigenvalue weighted by Gasteiger charge is 2.50. The molecule has 0 bridgehead atoms. The highest BCUT2D eigenvalue weighted by Crippen LogP contribution is 2.44. The summed E-state index contributed by atoms with van der Waals surface area (Å²) in [5.41, 5.74) is 0.385. The van der Waals surface area contributed by atoms with Gasteiger partial charge in [0.05, 0.1) is 17.7 Å². The lowest BCUT2D eigenvalue weighted by molar-refractivity contribution is -0.142. The summed E-state index contributed by atoms with van der Waals surface area (Å²) in [7, 11) is 1.47. The highest BCUT2D eigenvalue weighted by molar-refractivity contribution is 6.46. The molecule has 2 aliphatic rings. The Morgan fingerprint density at radius 1 is 1.17 bits per heavy atom. The van der Waals surface area contributed by atoms with Gasteiger partial charge in [-0.25, -0.2) is 0 Å². The van der Waals surface area contributed by atoms with Crippen molar-refractivity contribution in [3.8, 4) is 5.75 Å². The molecular formula is C23H24ClNO5. The summed E-state index contributed by atoms with van der Waals surface area (Å²) in [5, 5.41) is 11.5. The summed E-state index contributed by atoms with van der Waals surface area (Å²) < 4.78 is 11.1. The van der Waals surface area contributed by atoms with E-state index < -0.39 is 17.7 Å². The molecule has 1 aliphatic carbocycles. The van der Waals surface area contributed by atoms with Crippen molar-refractivity contribution < 1.29 is 23.8 Å². The number of rotatable bonds is 4. The molecule has 1 saturated heterocycles. The van der Waals surface area contributed by atoms with E-state index in [1.807, 2.05) is 0 Å². The van der Waals surface area contributed by atoms with Crippen molar-refractivity contribution >= 4 is 29.1 Å². The monoisotopic (exact) mass is 429 g/mol. The number of likely N-dealkylation sites (tertiary alicyclic amines) is 1. The first-order chi connectivity index (χ1) is 14.4. The lowest BCUT2D eigenvalue weighted by atomic mass is 9.92. The number of nitrogens with zero attached hydrogens (tertiary/aromatic N) is 1. The Labute approximate surface area is 180 Å². The minimum atomic E-state index is -0.761. The van der Waals surface area contributed by atoms with Crippen molar-refractivity contribution in [2.45, 2.75) is 51.1 Å². The molecule has 1 aromatic heterocycles. The van der Waals surface area contributed by atoms with Gasteiger partial charge in [-0.1, -0.05) is 30.9 Å². The maximum Gasteiger partial charge on any atom is 0.296 e. The van der Waals surface area contributed by atoms with Gasteiger partial charge in [-0.3, -0.25) is 9.59 Å². The van der Waals surface area contributed by atoms with Gasteiger partial charge in [0, 0.05) is 11.6 Å². The van der Waals surface area contributed by atoms with Crippen molar-refractivity contribution in [2.75, 3.05) is 7.11 Å². The number of hydrogen-bond donors (Lipinski definition) is 1. The minimum Gasteiger partial charge on any atom is -0.507 e. The van der Waals surface area contributed by atoms with Crippen LogP contribution < -0.4 is 4.74 Å². The molecular weight excluding hydrogens is 406 g/mol. The van der Waals surface area contributed by atoms with Gasteiger partial charge in [0.25, 0.3) is 11.7 Å². The van der Waals surface area contributed by atoms with Gasteiger partial charge in [0.2, 0.25) is 0 Å². The van der Waals surface area contributed by atoms with Crippen LogP contribution in [0.3, 0.4) is 0 Å². The van der Waals surface area contributed by atoms with Crippen LogP contribution in [0.15, 0.2) is 40.3 Å². The summed E-state index contributed by atoms with van der Waals surface area (Å²) in [6.07, 6.45) is 4.80. The first-order valence-electron chi connectivity index (χ1n) is 10.1. The van der Waals surface area contributed by atoms with E-state index in [1.165, 1.54) is 7.11 Å². The lowest BCUT2D eigenvalue weighted by Crippen LogP contribution is -2.40. The maximum absolute atomic E-state index is 13.1. The molecule has 0 radical (unpaired) electrons. The van der Waals surface area contributed by atoms with E-state index in [0.29, 0.717) is 27.9 Å². The number of carbonyl (C=O) groups is 2. The average Bonchev–Trinajstić information content (AvgIpc) is 3.29. The SMILES string of the molecule is COc1cc(/C(O)=C2/C(=O)C(=O)N(C3CCCCC3)C2c2ccc(C)o2)ccc1Cl. The molecule has 1 aromatic carbocycles. The molecule has 1 atom stereocenters. The van der Waals surface area contributed by atoms with Gasteiger partial charge in [-0.05, 0) is 50.1 Å². The Kier molecular flexibility index (Phi) is 5.60. The van der Waals surface area contributed by atoms with Crippen LogP contribution >= 0.6 is 11.6 Å². The lowest BCUT2D eigenvalue weighted by Gasteiger charge is -2.34. The first-order valence-corrected chi connectivity index (χ1v) is 10.5. The Hall–Kier alpha value is -2.73. The van der Waals surface area contributed by atoms with E-state index in [2.05, 4.69) is 0 Å². The van der Waals surface area contributed by atoms with E-state index >= 15 is 0 Å². The van der Waals surface area contributed by atoms with Gasteiger partial charge in [0.1, 0.15) is 29.1 Å². The van der Waals surface area contributed by atoms with Crippen LogP contribution in [0.4, 0.5) is 0 Å². The van der Waals surface area contributed by atoms with Gasteiger partial charge in [0.15, 0.2) is 0 Å². The predicted molar refractivity (Wildman–Crippen MR) is 112 cm³/mol. The number of amides is 1. The molecule has 2 fully saturated rings. The van der Waals surface area contributed by atoms with Crippen molar-refractivity contribution in [3.05, 3.63) is 58.0 Å². The van der Waals surface area contributed by atoms with Gasteiger partial charge >= 0.3 is 0 Å². The molecule has 2 heterocycles. The highest BCUT2D eigenvalue weighted by atomic mass is 35.5. The topological polar surface area (TPSA) is 80.0 Å². The number of ether oxygens (including phenoxy) is 1. The van der Waals surface area contributed by atoms with Gasteiger partial charge in [-0.2, -0.15) is 0 Å². The minimum absolute atomic E-state index is 0.0318. The summed E-state index contributed by atoms with van der Waals surface area (Å²) in [6, 6.07) is 7.46. The van der Waals surface area contributed by atoms with E-state index in [9.17, 15) is 14.7 Å². The van der Waals surface area contributed by atoms with Crippen molar-refractivity contribution in [1.29, 1.82) is 0 Å². The number of hydrogen-bond acceptors (Lipinski definition) is 5. The molecule has 1 unspecified atom stereocenters. The van der Waals surface area contributed by atoms with Crippen LogP contribution in [0.5, 0.6) is 5.75 Å². The van der Waals surface area contributed by atoms with Crippen molar-refractivity contribution in [1.82, 2.24) is 4.90 Å². The second kappa shape index (κ2) is 8.19. The fourth-order valence-electron chi connectivity index (χ4n) is 4.43. The number of aliphatic hydroxyl groups is 1. The molecule has 2 aromatic rings. The molecule has 30 heavy (non-hydrogen) atoms. The summed E-state index contributed by atoms with van der Waals surface area (Å²) in [6.45, 7) is 1.81. The van der Waals surface area contributed by atoms with Crippen LogP contribution in [0.25, 0.3) is 5.76 Å². The summed E-state index contributed by atoms with van der Waals surface area (Å²) in [4.78, 5) is 27.7. The standard InChI is InChI=1S/C23H24ClNO5/c1-13-8-11-17(30-13)20-19(21(26)14-9-10-16(24)18(12-14)29-2)22(27)23(28)25(20)15-6-4-3-5-7-15/h8-12,15,20,26H,3-7H2,1-2H3/b21-19-. The molecule has 6 nitrogen and oxygen atoms in total. The number of benzene rings is 1. The van der Waals surface area contributed by atoms with Gasteiger partial charge in [-0.15, -0.1) is 0 Å². The number of ketones is 1. The van der Waals surface area contributed by atoms with E-state index in [4.69, 9.17) is 20.8 Å². The zero-order valence-corrected chi connectivity index (χ0v) is 17.7. The van der Waals surface area contributed by atoms with Crippen LogP contribution in [0.2, 0.25) is 5.02 Å². The zero-order valence-electron chi connectivity index (χ0n) is 17.0. The molecule has 1 aliphatic heterocycles. The fraction of sp³-hybridized carbons (Fsp3) is 0.391. The number of methoxy groups -OCH3 is 1. The number of Topliss-reactive ketones (excluding diaryl/α,β-unsaturated/α-hetero) is 1. The van der Waals surface area contributed by atoms with E-state index in [0.717, 1.165) is 32.1 Å². The third-order valence-electron chi connectivity index (χ3n) is 5.90. The molecule has 7 heteroatoms. The van der Waals surface area contributed by atoms with Crippen LogP contribution in [-0.2, 0) is 9.59 Å². The first kappa shape index (κ1) is 20.5. The third kappa shape index (κ3) is 3.49. The Morgan fingerprint density at radius 2 is 1.90 bits per heavy atom. The number of aryl methyl sites for hydroxylation is 1. The Morgan fingerprint density at radius 3 is 2.53 bits per heavy atom. The number of furan rings is 1. The molecule has 1 amide bonds. The summed E-state index contributed by atoms with van der Waals surface area (Å²) >= 11 is 6.10. The third-order valence-corrected chi connectivity index (χ3v) is 6.22. The molecule has 158 valence electrons. The zero-order chi connectivity index (χ0) is 21.4. The largest absolute Gasteiger partial charge is 0.507 e. The van der Waals surface area contributed by atoms with Gasteiger partial charge < -0.3 is 19.2 Å². The molecule has 0 spiro atoms.